The van der Waals surface area contributed by atoms with E-state index >= 15 is 0 Å². The zero-order valence-electron chi connectivity index (χ0n) is 11.1. The van der Waals surface area contributed by atoms with Crippen LogP contribution in [-0.2, 0) is 9.16 Å². The molecule has 3 heteroatoms. The van der Waals surface area contributed by atoms with Crippen LogP contribution in [-0.4, -0.2) is 29.4 Å². The second-order valence-electron chi connectivity index (χ2n) is 4.33. The van der Waals surface area contributed by atoms with E-state index in [1.165, 1.54) is 16.0 Å². The normalized spacial score (nSPS) is 12.8. The molecule has 0 aliphatic rings. The molecule has 0 bridgehead atoms. The van der Waals surface area contributed by atoms with Crippen LogP contribution in [0, 0.1) is 0 Å². The predicted molar refractivity (Wildman–Crippen MR) is 79.0 cm³/mol. The maximum atomic E-state index is 6.04. The van der Waals surface area contributed by atoms with Crippen LogP contribution < -0.4 is 5.19 Å². The van der Waals surface area contributed by atoms with Gasteiger partial charge in [0.25, 0.3) is 0 Å². The van der Waals surface area contributed by atoms with E-state index in [1.807, 2.05) is 0 Å². The Morgan fingerprint density at radius 1 is 1.00 bits per heavy atom. The Kier molecular flexibility index (Phi) is 4.93. The number of hydrogen-bond donors (Lipinski definition) is 0. The fourth-order valence-electron chi connectivity index (χ4n) is 2.23. The Morgan fingerprint density at radius 2 is 1.78 bits per heavy atom. The summed E-state index contributed by atoms with van der Waals surface area (Å²) in [6.07, 6.45) is 0. The van der Waals surface area contributed by atoms with Gasteiger partial charge in [-0.25, -0.2) is 0 Å². The number of ether oxygens (including phenoxy) is 1. The molecule has 0 aliphatic heterocycles. The third kappa shape index (κ3) is 2.99. The van der Waals surface area contributed by atoms with Gasteiger partial charge in [-0.15, -0.1) is 0 Å². The fraction of sp³-hybridized carbons (Fsp3) is 0.333. The van der Waals surface area contributed by atoms with Crippen LogP contribution >= 0.6 is 0 Å². The highest BCUT2D eigenvalue weighted by Gasteiger charge is 2.14. The van der Waals surface area contributed by atoms with E-state index in [-0.39, 0.29) is 0 Å². The smallest absolute Gasteiger partial charge is 0.208 e. The molecule has 1 unspecified atom stereocenters. The SMILES string of the molecule is CC[SiH](OCCOC)c1cccc2ccccc12. The summed E-state index contributed by atoms with van der Waals surface area (Å²) in [6, 6.07) is 16.2. The zero-order chi connectivity index (χ0) is 12.8. The van der Waals surface area contributed by atoms with Gasteiger partial charge < -0.3 is 9.16 Å². The molecule has 0 saturated heterocycles. The Morgan fingerprint density at radius 3 is 2.56 bits per heavy atom. The number of methoxy groups -OCH3 is 1. The summed E-state index contributed by atoms with van der Waals surface area (Å²) in [7, 11) is 0.379. The molecule has 0 amide bonds. The summed E-state index contributed by atoms with van der Waals surface area (Å²) >= 11 is 0. The molecule has 0 N–H and O–H groups in total. The molecule has 0 aliphatic carbocycles. The van der Waals surface area contributed by atoms with Crippen LogP contribution in [0.15, 0.2) is 42.5 Å². The summed E-state index contributed by atoms with van der Waals surface area (Å²) in [5.41, 5.74) is 0. The molecule has 1 atom stereocenters. The molecule has 0 radical (unpaired) electrons. The van der Waals surface area contributed by atoms with Gasteiger partial charge in [0.1, 0.15) is 0 Å². The van der Waals surface area contributed by atoms with Crippen molar-refractivity contribution in [2.24, 2.45) is 0 Å². The van der Waals surface area contributed by atoms with Gasteiger partial charge in [0.05, 0.1) is 13.2 Å². The van der Waals surface area contributed by atoms with Gasteiger partial charge in [-0.3, -0.25) is 0 Å². The number of hydrogen-bond acceptors (Lipinski definition) is 2. The molecule has 2 aromatic rings. The number of benzene rings is 2. The summed E-state index contributed by atoms with van der Waals surface area (Å²) in [6.45, 7) is 3.59. The van der Waals surface area contributed by atoms with Crippen molar-refractivity contribution in [3.63, 3.8) is 0 Å². The van der Waals surface area contributed by atoms with Crippen molar-refractivity contribution in [1.82, 2.24) is 0 Å². The molecule has 2 aromatic carbocycles. The molecular formula is C15H20O2Si. The quantitative estimate of drug-likeness (QED) is 0.587. The van der Waals surface area contributed by atoms with Gasteiger partial charge in [-0.2, -0.15) is 0 Å². The van der Waals surface area contributed by atoms with E-state index < -0.39 is 9.04 Å². The Labute approximate surface area is 110 Å². The van der Waals surface area contributed by atoms with Crippen molar-refractivity contribution >= 4 is 25.0 Å². The van der Waals surface area contributed by atoms with E-state index in [4.69, 9.17) is 9.16 Å². The molecule has 0 spiro atoms. The van der Waals surface area contributed by atoms with Crippen LogP contribution in [0.5, 0.6) is 0 Å². The van der Waals surface area contributed by atoms with Crippen molar-refractivity contribution in [2.45, 2.75) is 13.0 Å². The molecule has 0 fully saturated rings. The zero-order valence-corrected chi connectivity index (χ0v) is 12.2. The lowest BCUT2D eigenvalue weighted by molar-refractivity contribution is 0.147. The van der Waals surface area contributed by atoms with Crippen LogP contribution in [0.2, 0.25) is 6.04 Å². The maximum absolute atomic E-state index is 6.04. The summed E-state index contributed by atoms with van der Waals surface area (Å²) in [4.78, 5) is 0. The van der Waals surface area contributed by atoms with Gasteiger partial charge in [-0.1, -0.05) is 49.4 Å². The highest BCUT2D eigenvalue weighted by molar-refractivity contribution is 6.70. The minimum absolute atomic E-state index is 0.675. The lowest BCUT2D eigenvalue weighted by Crippen LogP contribution is -2.34. The maximum Gasteiger partial charge on any atom is 0.208 e. The van der Waals surface area contributed by atoms with Crippen LogP contribution in [0.4, 0.5) is 0 Å². The monoisotopic (exact) mass is 260 g/mol. The van der Waals surface area contributed by atoms with Gasteiger partial charge in [0.2, 0.25) is 9.04 Å². The second-order valence-corrected chi connectivity index (χ2v) is 7.08. The van der Waals surface area contributed by atoms with E-state index in [2.05, 4.69) is 49.4 Å². The largest absolute Gasteiger partial charge is 0.413 e. The van der Waals surface area contributed by atoms with Gasteiger partial charge in [0, 0.05) is 7.11 Å². The Hall–Kier alpha value is -1.16. The van der Waals surface area contributed by atoms with E-state index in [9.17, 15) is 0 Å². The van der Waals surface area contributed by atoms with Crippen LogP contribution in [0.3, 0.4) is 0 Å². The highest BCUT2D eigenvalue weighted by Crippen LogP contribution is 2.13. The second kappa shape index (κ2) is 6.68. The van der Waals surface area contributed by atoms with Gasteiger partial charge >= 0.3 is 0 Å². The molecule has 18 heavy (non-hydrogen) atoms. The standard InChI is InChI=1S/C15H20O2Si/c1-3-18(17-12-11-16-2)15-10-6-8-13-7-4-5-9-14(13)15/h4-10,18H,3,11-12H2,1-2H3. The molecule has 96 valence electrons. The first-order valence-electron chi connectivity index (χ1n) is 6.45. The minimum atomic E-state index is -1.33. The average Bonchev–Trinajstić information content (AvgIpc) is 2.43. The Balaban J connectivity index is 2.27. The molecular weight excluding hydrogens is 240 g/mol. The summed E-state index contributed by atoms with van der Waals surface area (Å²) in [5, 5.41) is 4.05. The first kappa shape index (κ1) is 13.3. The van der Waals surface area contributed by atoms with Gasteiger partial charge in [-0.05, 0) is 22.0 Å². The molecule has 2 nitrogen and oxygen atoms in total. The number of fused-ring (bicyclic) bond motifs is 1. The molecule has 2 rings (SSSR count). The highest BCUT2D eigenvalue weighted by atomic mass is 28.3. The fourth-order valence-corrected chi connectivity index (χ4v) is 4.40. The third-order valence-corrected chi connectivity index (χ3v) is 5.72. The van der Waals surface area contributed by atoms with Gasteiger partial charge in [0.15, 0.2) is 0 Å². The van der Waals surface area contributed by atoms with Crippen molar-refractivity contribution < 1.29 is 9.16 Å². The van der Waals surface area contributed by atoms with E-state index in [0.717, 1.165) is 6.04 Å². The Bertz CT molecular complexity index is 493. The lowest BCUT2D eigenvalue weighted by atomic mass is 10.1. The first-order valence-corrected chi connectivity index (χ1v) is 8.31. The average molecular weight is 260 g/mol. The minimum Gasteiger partial charge on any atom is -0.413 e. The topological polar surface area (TPSA) is 18.5 Å². The first-order chi connectivity index (χ1) is 8.86. The van der Waals surface area contributed by atoms with E-state index in [0.29, 0.717) is 13.2 Å². The number of rotatable bonds is 6. The predicted octanol–water partition coefficient (Wildman–Crippen LogP) is 2.45. The molecule has 0 aromatic heterocycles. The van der Waals surface area contributed by atoms with Crippen LogP contribution in [0.25, 0.3) is 10.8 Å². The van der Waals surface area contributed by atoms with Crippen LogP contribution in [0.1, 0.15) is 6.92 Å². The summed E-state index contributed by atoms with van der Waals surface area (Å²) in [5.74, 6) is 0. The van der Waals surface area contributed by atoms with E-state index in [1.54, 1.807) is 7.11 Å². The molecule has 0 heterocycles. The third-order valence-electron chi connectivity index (χ3n) is 3.15. The van der Waals surface area contributed by atoms with Crippen molar-refractivity contribution in [1.29, 1.82) is 0 Å². The van der Waals surface area contributed by atoms with Crippen molar-refractivity contribution in [3.05, 3.63) is 42.5 Å². The van der Waals surface area contributed by atoms with Crippen molar-refractivity contribution in [2.75, 3.05) is 20.3 Å². The lowest BCUT2D eigenvalue weighted by Gasteiger charge is -2.16. The summed E-state index contributed by atoms with van der Waals surface area (Å²) < 4.78 is 11.1. The van der Waals surface area contributed by atoms with Crippen molar-refractivity contribution in [3.8, 4) is 0 Å². The molecule has 0 saturated carbocycles.